The van der Waals surface area contributed by atoms with E-state index in [-0.39, 0.29) is 17.8 Å². The van der Waals surface area contributed by atoms with E-state index in [2.05, 4.69) is 0 Å². The third-order valence-corrected chi connectivity index (χ3v) is 4.28. The van der Waals surface area contributed by atoms with Crippen LogP contribution in [0.25, 0.3) is 0 Å². The number of ether oxygens (including phenoxy) is 1. The molecule has 0 aromatic heterocycles. The molecule has 0 N–H and O–H groups in total. The van der Waals surface area contributed by atoms with Crippen LogP contribution in [0.1, 0.15) is 40.7 Å². The maximum absolute atomic E-state index is 12.1. The molecule has 112 valence electrons. The van der Waals surface area contributed by atoms with Gasteiger partial charge in [-0.1, -0.05) is 17.7 Å². The van der Waals surface area contributed by atoms with E-state index >= 15 is 0 Å². The number of nitrogens with zero attached hydrogens (tertiary/aromatic N) is 1. The predicted octanol–water partition coefficient (Wildman–Crippen LogP) is 2.47. The van der Waals surface area contributed by atoms with Gasteiger partial charge in [0.2, 0.25) is 5.91 Å². The largest absolute Gasteiger partial charge is 0.462 e. The SMILES string of the molecule is Cc1ccc(C(=O)OCC2CC(=O)N(C3CC3)C2)c(C)c1. The van der Waals surface area contributed by atoms with E-state index in [1.807, 2.05) is 36.9 Å². The summed E-state index contributed by atoms with van der Waals surface area (Å²) in [4.78, 5) is 25.9. The number of benzene rings is 1. The second kappa shape index (κ2) is 5.51. The monoisotopic (exact) mass is 287 g/mol. The Bertz CT molecular complexity index is 577. The number of carbonyl (C=O) groups is 2. The van der Waals surface area contributed by atoms with Gasteiger partial charge >= 0.3 is 5.97 Å². The van der Waals surface area contributed by atoms with Crippen molar-refractivity contribution in [2.75, 3.05) is 13.2 Å². The van der Waals surface area contributed by atoms with Crippen molar-refractivity contribution in [1.82, 2.24) is 4.90 Å². The Morgan fingerprint density at radius 3 is 2.76 bits per heavy atom. The van der Waals surface area contributed by atoms with Gasteiger partial charge in [0.05, 0.1) is 12.2 Å². The third kappa shape index (κ3) is 3.09. The number of hydrogen-bond donors (Lipinski definition) is 0. The van der Waals surface area contributed by atoms with Crippen LogP contribution in [-0.4, -0.2) is 36.0 Å². The highest BCUT2D eigenvalue weighted by Crippen LogP contribution is 2.32. The van der Waals surface area contributed by atoms with Crippen molar-refractivity contribution in [2.45, 2.75) is 39.2 Å². The molecule has 3 rings (SSSR count). The van der Waals surface area contributed by atoms with Gasteiger partial charge in [-0.05, 0) is 38.3 Å². The zero-order chi connectivity index (χ0) is 15.0. The van der Waals surface area contributed by atoms with E-state index in [1.54, 1.807) is 0 Å². The molecule has 0 bridgehead atoms. The Hall–Kier alpha value is -1.84. The second-order valence-electron chi connectivity index (χ2n) is 6.26. The van der Waals surface area contributed by atoms with Gasteiger partial charge in [-0.25, -0.2) is 4.79 Å². The Morgan fingerprint density at radius 1 is 1.33 bits per heavy atom. The van der Waals surface area contributed by atoms with Crippen LogP contribution in [0.4, 0.5) is 0 Å². The van der Waals surface area contributed by atoms with Crippen molar-refractivity contribution >= 4 is 11.9 Å². The Kier molecular flexibility index (Phi) is 3.70. The van der Waals surface area contributed by atoms with Gasteiger partial charge in [0, 0.05) is 24.9 Å². The van der Waals surface area contributed by atoms with Gasteiger partial charge < -0.3 is 9.64 Å². The molecule has 1 saturated carbocycles. The molecule has 0 radical (unpaired) electrons. The summed E-state index contributed by atoms with van der Waals surface area (Å²) in [7, 11) is 0. The molecule has 2 fully saturated rings. The molecule has 1 atom stereocenters. The highest BCUT2D eigenvalue weighted by atomic mass is 16.5. The number of amides is 1. The highest BCUT2D eigenvalue weighted by Gasteiger charge is 2.39. The molecular weight excluding hydrogens is 266 g/mol. The molecule has 1 aliphatic carbocycles. The van der Waals surface area contributed by atoms with Gasteiger partial charge in [-0.2, -0.15) is 0 Å². The number of esters is 1. The van der Waals surface area contributed by atoms with Crippen molar-refractivity contribution in [3.63, 3.8) is 0 Å². The van der Waals surface area contributed by atoms with Crippen LogP contribution in [0.5, 0.6) is 0 Å². The molecule has 1 saturated heterocycles. The standard InChI is InChI=1S/C17H21NO3/c1-11-3-6-15(12(2)7-11)17(20)21-10-13-8-16(19)18(9-13)14-4-5-14/h3,6-7,13-14H,4-5,8-10H2,1-2H3. The second-order valence-corrected chi connectivity index (χ2v) is 6.26. The summed E-state index contributed by atoms with van der Waals surface area (Å²) in [5.74, 6) is 0.0719. The molecule has 21 heavy (non-hydrogen) atoms. The normalized spacial score (nSPS) is 21.7. The lowest BCUT2D eigenvalue weighted by molar-refractivity contribution is -0.128. The van der Waals surface area contributed by atoms with E-state index in [0.29, 0.717) is 24.6 Å². The fourth-order valence-electron chi connectivity index (χ4n) is 2.97. The summed E-state index contributed by atoms with van der Waals surface area (Å²) in [5, 5.41) is 0. The fraction of sp³-hybridized carbons (Fsp3) is 0.529. The molecule has 1 amide bonds. The van der Waals surface area contributed by atoms with Crippen molar-refractivity contribution in [3.8, 4) is 0 Å². The van der Waals surface area contributed by atoms with E-state index in [1.165, 1.54) is 0 Å². The number of carbonyl (C=O) groups excluding carboxylic acids is 2. The van der Waals surface area contributed by atoms with E-state index in [9.17, 15) is 9.59 Å². The van der Waals surface area contributed by atoms with Gasteiger partial charge in [-0.3, -0.25) is 4.79 Å². The van der Waals surface area contributed by atoms with Gasteiger partial charge in [-0.15, -0.1) is 0 Å². The maximum Gasteiger partial charge on any atom is 0.338 e. The average molecular weight is 287 g/mol. The van der Waals surface area contributed by atoms with Crippen molar-refractivity contribution in [3.05, 3.63) is 34.9 Å². The zero-order valence-corrected chi connectivity index (χ0v) is 12.6. The number of aryl methyl sites for hydroxylation is 2. The molecule has 4 nitrogen and oxygen atoms in total. The molecule has 1 aliphatic heterocycles. The topological polar surface area (TPSA) is 46.6 Å². The lowest BCUT2D eigenvalue weighted by Gasteiger charge is -2.15. The van der Waals surface area contributed by atoms with E-state index in [4.69, 9.17) is 4.74 Å². The summed E-state index contributed by atoms with van der Waals surface area (Å²) >= 11 is 0. The summed E-state index contributed by atoms with van der Waals surface area (Å²) in [5.41, 5.74) is 2.68. The molecule has 0 spiro atoms. The van der Waals surface area contributed by atoms with Crippen LogP contribution >= 0.6 is 0 Å². The average Bonchev–Trinajstić information content (AvgIpc) is 3.20. The minimum Gasteiger partial charge on any atom is -0.462 e. The van der Waals surface area contributed by atoms with Crippen molar-refractivity contribution < 1.29 is 14.3 Å². The van der Waals surface area contributed by atoms with Crippen LogP contribution in [-0.2, 0) is 9.53 Å². The number of hydrogen-bond acceptors (Lipinski definition) is 3. The van der Waals surface area contributed by atoms with Crippen LogP contribution < -0.4 is 0 Å². The molecule has 2 aliphatic rings. The Labute approximate surface area is 125 Å². The fourth-order valence-corrected chi connectivity index (χ4v) is 2.97. The van der Waals surface area contributed by atoms with E-state index < -0.39 is 0 Å². The van der Waals surface area contributed by atoms with Gasteiger partial charge in [0.25, 0.3) is 0 Å². The van der Waals surface area contributed by atoms with E-state index in [0.717, 1.165) is 30.5 Å². The lowest BCUT2D eigenvalue weighted by Crippen LogP contribution is -2.28. The maximum atomic E-state index is 12.1. The first-order chi connectivity index (χ1) is 10.0. The van der Waals surface area contributed by atoms with Crippen LogP contribution in [0.15, 0.2) is 18.2 Å². The molecule has 4 heteroatoms. The first kappa shape index (κ1) is 14.1. The molecule has 1 aromatic rings. The van der Waals surface area contributed by atoms with Crippen molar-refractivity contribution in [1.29, 1.82) is 0 Å². The number of likely N-dealkylation sites (tertiary alicyclic amines) is 1. The van der Waals surface area contributed by atoms with Gasteiger partial charge in [0.15, 0.2) is 0 Å². The summed E-state index contributed by atoms with van der Waals surface area (Å²) in [6, 6.07) is 6.16. The number of rotatable bonds is 4. The highest BCUT2D eigenvalue weighted by molar-refractivity contribution is 5.91. The molecule has 1 heterocycles. The zero-order valence-electron chi connectivity index (χ0n) is 12.6. The minimum atomic E-state index is -0.287. The van der Waals surface area contributed by atoms with Crippen LogP contribution in [0.2, 0.25) is 0 Å². The summed E-state index contributed by atoms with van der Waals surface area (Å²) in [6.07, 6.45) is 2.76. The first-order valence-corrected chi connectivity index (χ1v) is 7.58. The quantitative estimate of drug-likeness (QED) is 0.799. The van der Waals surface area contributed by atoms with Crippen LogP contribution in [0, 0.1) is 19.8 Å². The molecule has 1 aromatic carbocycles. The lowest BCUT2D eigenvalue weighted by atomic mass is 10.1. The third-order valence-electron chi connectivity index (χ3n) is 4.28. The van der Waals surface area contributed by atoms with Gasteiger partial charge in [0.1, 0.15) is 0 Å². The Balaban J connectivity index is 1.55. The molecular formula is C17H21NO3. The molecule has 1 unspecified atom stereocenters. The minimum absolute atomic E-state index is 0.146. The summed E-state index contributed by atoms with van der Waals surface area (Å²) < 4.78 is 5.41. The predicted molar refractivity (Wildman–Crippen MR) is 79.0 cm³/mol. The first-order valence-electron chi connectivity index (χ1n) is 7.58. The van der Waals surface area contributed by atoms with Crippen LogP contribution in [0.3, 0.4) is 0 Å². The Morgan fingerprint density at radius 2 is 2.10 bits per heavy atom. The smallest absolute Gasteiger partial charge is 0.338 e. The summed E-state index contributed by atoms with van der Waals surface area (Å²) in [6.45, 7) is 4.99. The van der Waals surface area contributed by atoms with Crippen molar-refractivity contribution in [2.24, 2.45) is 5.92 Å².